The summed E-state index contributed by atoms with van der Waals surface area (Å²) < 4.78 is 0. The largest absolute Gasteiger partial charge is 0.246 e. The highest BCUT2D eigenvalue weighted by Gasteiger charge is 2.20. The van der Waals surface area contributed by atoms with Crippen molar-refractivity contribution in [1.29, 1.82) is 0 Å². The summed E-state index contributed by atoms with van der Waals surface area (Å²) in [5.74, 6) is 0. The van der Waals surface area contributed by atoms with Crippen molar-refractivity contribution < 1.29 is 0 Å². The summed E-state index contributed by atoms with van der Waals surface area (Å²) in [5, 5.41) is 4.79. The molecule has 1 nitrogen and oxygen atoms in total. The molecule has 1 aliphatic rings. The van der Waals surface area contributed by atoms with E-state index in [0.29, 0.717) is 0 Å². The predicted octanol–water partition coefficient (Wildman–Crippen LogP) is 4.64. The van der Waals surface area contributed by atoms with Crippen molar-refractivity contribution in [3.05, 3.63) is 47.0 Å². The molecule has 17 heavy (non-hydrogen) atoms. The molecule has 0 aliphatic carbocycles. The van der Waals surface area contributed by atoms with Crippen LogP contribution in [0.25, 0.3) is 0 Å². The Morgan fingerprint density at radius 2 is 1.71 bits per heavy atom. The van der Waals surface area contributed by atoms with Gasteiger partial charge in [-0.3, -0.25) is 0 Å². The van der Waals surface area contributed by atoms with Crippen LogP contribution in [0.15, 0.2) is 40.1 Å². The van der Waals surface area contributed by atoms with Crippen LogP contribution < -0.4 is 5.32 Å². The average molecular weight is 240 g/mol. The van der Waals surface area contributed by atoms with Crippen LogP contribution in [0.5, 0.6) is 0 Å². The Hall–Kier alpha value is -1.41. The number of hydrogen-bond donors (Lipinski definition) is 0. The molecule has 2 aromatic carbocycles. The lowest BCUT2D eigenvalue weighted by atomic mass is 10.0. The number of hydrogen-bond acceptors (Lipinski definition) is 1. The molecule has 1 heterocycles. The third kappa shape index (κ3) is 1.64. The Balaban J connectivity index is 2.18. The van der Waals surface area contributed by atoms with E-state index in [9.17, 15) is 0 Å². The van der Waals surface area contributed by atoms with Crippen molar-refractivity contribution in [2.45, 2.75) is 30.6 Å². The van der Waals surface area contributed by atoms with Gasteiger partial charge in [-0.25, -0.2) is 5.32 Å². The van der Waals surface area contributed by atoms with E-state index in [1.54, 1.807) is 0 Å². The number of fused-ring (bicyclic) bond motifs is 2. The van der Waals surface area contributed by atoms with E-state index in [0.717, 1.165) is 11.4 Å². The van der Waals surface area contributed by atoms with Gasteiger partial charge in [-0.05, 0) is 55.7 Å². The predicted molar refractivity (Wildman–Crippen MR) is 72.7 cm³/mol. The van der Waals surface area contributed by atoms with Gasteiger partial charge < -0.3 is 0 Å². The van der Waals surface area contributed by atoms with Gasteiger partial charge >= 0.3 is 0 Å². The smallest absolute Gasteiger partial charge is 0.0808 e. The number of para-hydroxylation sites is 1. The molecule has 2 aromatic rings. The van der Waals surface area contributed by atoms with Crippen LogP contribution in [0.1, 0.15) is 16.7 Å². The van der Waals surface area contributed by atoms with Crippen LogP contribution in [-0.4, -0.2) is 0 Å². The van der Waals surface area contributed by atoms with Gasteiger partial charge in [0.05, 0.1) is 11.4 Å². The molecule has 0 bridgehead atoms. The van der Waals surface area contributed by atoms with Gasteiger partial charge in [-0.1, -0.05) is 23.9 Å². The Kier molecular flexibility index (Phi) is 2.40. The molecule has 0 N–H and O–H groups in total. The number of nitrogens with zero attached hydrogens (tertiary/aromatic N) is 1. The molecule has 0 fully saturated rings. The topological polar surface area (TPSA) is 14.1 Å². The molecule has 3 rings (SSSR count). The molecule has 0 amide bonds. The van der Waals surface area contributed by atoms with E-state index in [1.165, 1.54) is 26.5 Å². The number of aryl methyl sites for hydroxylation is 1. The Morgan fingerprint density at radius 3 is 2.53 bits per heavy atom. The fourth-order valence-corrected chi connectivity index (χ4v) is 3.26. The van der Waals surface area contributed by atoms with Gasteiger partial charge in [0, 0.05) is 9.79 Å². The van der Waals surface area contributed by atoms with Gasteiger partial charge in [-0.15, -0.1) is 0 Å². The van der Waals surface area contributed by atoms with Crippen molar-refractivity contribution in [3.8, 4) is 0 Å². The quantitative estimate of drug-likeness (QED) is 0.558. The van der Waals surface area contributed by atoms with Crippen LogP contribution in [-0.2, 0) is 0 Å². The van der Waals surface area contributed by atoms with E-state index in [1.807, 2.05) is 17.8 Å². The first kappa shape index (κ1) is 10.7. The second kappa shape index (κ2) is 3.81. The molecular weight excluding hydrogens is 226 g/mol. The third-order valence-corrected chi connectivity index (χ3v) is 4.50. The summed E-state index contributed by atoms with van der Waals surface area (Å²) >= 11 is 1.83. The highest BCUT2D eigenvalue weighted by Crippen LogP contribution is 2.46. The van der Waals surface area contributed by atoms with E-state index in [-0.39, 0.29) is 0 Å². The maximum Gasteiger partial charge on any atom is 0.0808 e. The number of benzene rings is 2. The first-order valence-corrected chi connectivity index (χ1v) is 6.58. The third-order valence-electron chi connectivity index (χ3n) is 3.41. The zero-order valence-corrected chi connectivity index (χ0v) is 11.1. The highest BCUT2D eigenvalue weighted by atomic mass is 32.2. The molecule has 0 unspecified atom stereocenters. The first-order chi connectivity index (χ1) is 8.16. The van der Waals surface area contributed by atoms with Crippen LogP contribution in [0.4, 0.5) is 11.4 Å². The number of rotatable bonds is 0. The molecule has 0 spiro atoms. The van der Waals surface area contributed by atoms with E-state index < -0.39 is 0 Å². The Morgan fingerprint density at radius 1 is 0.941 bits per heavy atom. The van der Waals surface area contributed by atoms with E-state index in [4.69, 9.17) is 5.32 Å². The molecule has 0 aromatic heterocycles. The van der Waals surface area contributed by atoms with Crippen molar-refractivity contribution in [2.24, 2.45) is 0 Å². The van der Waals surface area contributed by atoms with Crippen LogP contribution in [0, 0.1) is 20.8 Å². The minimum Gasteiger partial charge on any atom is -0.246 e. The van der Waals surface area contributed by atoms with E-state index in [2.05, 4.69) is 45.0 Å². The van der Waals surface area contributed by atoms with Crippen molar-refractivity contribution in [3.63, 3.8) is 0 Å². The SMILES string of the molecule is Cc1cc2c(c(C)c1C)[N]c1ccccc1S2. The normalized spacial score (nSPS) is 12.6. The molecule has 0 saturated carbocycles. The summed E-state index contributed by atoms with van der Waals surface area (Å²) in [6.07, 6.45) is 0. The maximum absolute atomic E-state index is 4.79. The molecule has 0 saturated heterocycles. The summed E-state index contributed by atoms with van der Waals surface area (Å²) in [6, 6.07) is 10.6. The van der Waals surface area contributed by atoms with Crippen molar-refractivity contribution in [1.82, 2.24) is 5.32 Å². The zero-order chi connectivity index (χ0) is 12.0. The molecule has 1 aliphatic heterocycles. The monoisotopic (exact) mass is 240 g/mol. The average Bonchev–Trinajstić information content (AvgIpc) is 2.34. The lowest BCUT2D eigenvalue weighted by Crippen LogP contribution is -2.03. The molecular formula is C15H14NS. The summed E-state index contributed by atoms with van der Waals surface area (Å²) in [5.41, 5.74) is 6.26. The maximum atomic E-state index is 4.79. The second-order valence-corrected chi connectivity index (χ2v) is 5.56. The van der Waals surface area contributed by atoms with Crippen molar-refractivity contribution >= 4 is 23.1 Å². The lowest BCUT2D eigenvalue weighted by Gasteiger charge is -2.22. The zero-order valence-electron chi connectivity index (χ0n) is 10.2. The van der Waals surface area contributed by atoms with Gasteiger partial charge in [0.2, 0.25) is 0 Å². The summed E-state index contributed by atoms with van der Waals surface area (Å²) in [7, 11) is 0. The summed E-state index contributed by atoms with van der Waals surface area (Å²) in [4.78, 5) is 2.53. The minimum absolute atomic E-state index is 1.09. The van der Waals surface area contributed by atoms with Crippen LogP contribution in [0.2, 0.25) is 0 Å². The first-order valence-electron chi connectivity index (χ1n) is 5.76. The Labute approximate surface area is 106 Å². The Bertz CT molecular complexity index is 602. The fraction of sp³-hybridized carbons (Fsp3) is 0.200. The molecule has 2 heteroatoms. The fourth-order valence-electron chi connectivity index (χ4n) is 2.12. The van der Waals surface area contributed by atoms with E-state index >= 15 is 0 Å². The highest BCUT2D eigenvalue weighted by molar-refractivity contribution is 7.99. The van der Waals surface area contributed by atoms with Gasteiger partial charge in [0.25, 0.3) is 0 Å². The second-order valence-electron chi connectivity index (χ2n) is 4.47. The van der Waals surface area contributed by atoms with Crippen LogP contribution >= 0.6 is 11.8 Å². The molecule has 85 valence electrons. The molecule has 1 radical (unpaired) electrons. The van der Waals surface area contributed by atoms with Gasteiger partial charge in [-0.2, -0.15) is 0 Å². The lowest BCUT2D eigenvalue weighted by molar-refractivity contribution is 1.04. The summed E-state index contributed by atoms with van der Waals surface area (Å²) in [6.45, 7) is 6.51. The van der Waals surface area contributed by atoms with Crippen LogP contribution in [0.3, 0.4) is 0 Å². The van der Waals surface area contributed by atoms with Crippen molar-refractivity contribution in [2.75, 3.05) is 0 Å². The van der Waals surface area contributed by atoms with Gasteiger partial charge in [0.1, 0.15) is 0 Å². The standard InChI is InChI=1S/C15H14NS/c1-9-8-14-15(11(3)10(9)2)16-12-6-4-5-7-13(12)17-14/h4-8H,1-3H3. The van der Waals surface area contributed by atoms with Gasteiger partial charge in [0.15, 0.2) is 0 Å². The molecule has 0 atom stereocenters. The minimum atomic E-state index is 1.09.